The number of aliphatic hydroxyl groups is 1. The molecule has 0 aliphatic carbocycles. The predicted octanol–water partition coefficient (Wildman–Crippen LogP) is -4.05. The number of phenolic OH excluding ortho intramolecular Hbond substituents is 1. The summed E-state index contributed by atoms with van der Waals surface area (Å²) in [4.78, 5) is 235. The molecule has 3 heterocycles. The molecule has 39 heteroatoms. The van der Waals surface area contributed by atoms with Crippen LogP contribution < -0.4 is 64.6 Å². The first-order valence-corrected chi connectivity index (χ1v) is 38.9. The summed E-state index contributed by atoms with van der Waals surface area (Å²) in [5.41, 5.74) is 13.7. The van der Waals surface area contributed by atoms with Crippen molar-refractivity contribution in [1.29, 1.82) is 5.41 Å². The topological polar surface area (TPSA) is 562 Å². The molecule has 2 aliphatic heterocycles. The Labute approximate surface area is 678 Å². The number of para-hydroxylation sites is 1. The molecule has 19 N–H and O–H groups in total. The van der Waals surface area contributed by atoms with E-state index in [-0.39, 0.29) is 76.0 Å². The summed E-state index contributed by atoms with van der Waals surface area (Å²) in [6.07, 6.45) is -0.0606. The molecule has 0 spiro atoms. The lowest BCUT2D eigenvalue weighted by molar-refractivity contribution is -0.149. The van der Waals surface area contributed by atoms with Gasteiger partial charge in [0.2, 0.25) is 88.6 Å². The molecule has 0 saturated carbocycles. The monoisotopic (exact) mass is 1640 g/mol. The van der Waals surface area contributed by atoms with Crippen LogP contribution in [-0.4, -0.2) is 291 Å². The molecule has 630 valence electrons. The summed E-state index contributed by atoms with van der Waals surface area (Å²) >= 11 is 0.803. The molecule has 4 aromatic carbocycles. The van der Waals surface area contributed by atoms with E-state index >= 15 is 14.4 Å². The zero-order valence-electron chi connectivity index (χ0n) is 65.7. The molecular weight excluding hydrogens is 1540 g/mol. The fourth-order valence-electron chi connectivity index (χ4n) is 13.3. The molecule has 0 radical (unpaired) electrons. The standard InChI is InChI=1S/C78H103N19O19S/c1-44(2)67-77(116)96(6)60(41-98)71(110)86-39-62(101)87-52(23-15-29-82-78(80)81)73(112)94(4)58(32-45-17-9-7-10-18-45)75(114)93(3)40-64(103)90-55(31-47-25-27-49(99)28-26-47)74(113)95(5)59(33-46-19-11-8-12-20-46)76(115)97-30-16-24-57(97)72(111)91-56(69(108)84-37-61(79)100)42-117-43-65(104)89-53(34-48-36-83-51-22-14-13-21-50(48)51)68(107)85-38-63(102)88-54(35-66(105)106)70(109)92-67/h7-14,17-22,25-28,36,44,52-60,67,83,98-99H,15-16,23-24,29-35,37-43H2,1-6H3,(H2,79,100)(H,84,108)(H,85,107)(H,86,110)(H,87,101)(H,88,102)(H,89,104)(H,90,103)(H,91,111)(H,92,109)(H,105,106)(H4,80,81,82)/t52-,53+,54-,55-,56-,57-,58-,59-,60-,67?/m0/s1. The first kappa shape index (κ1) is 91.5. The molecule has 15 amide bonds. The van der Waals surface area contributed by atoms with Gasteiger partial charge in [-0.25, -0.2) is 0 Å². The summed E-state index contributed by atoms with van der Waals surface area (Å²) in [5.74, 6) is -17.9. The molecular formula is C78H103N19O19S. The van der Waals surface area contributed by atoms with E-state index in [2.05, 4.69) is 58.2 Å². The third-order valence-electron chi connectivity index (χ3n) is 19.7. The van der Waals surface area contributed by atoms with Gasteiger partial charge in [-0.3, -0.25) is 82.1 Å². The van der Waals surface area contributed by atoms with E-state index in [1.54, 1.807) is 91.1 Å². The van der Waals surface area contributed by atoms with Gasteiger partial charge in [0, 0.05) is 89.8 Å². The number of aromatic nitrogens is 1. The largest absolute Gasteiger partial charge is 0.508 e. The number of guanidine groups is 1. The van der Waals surface area contributed by atoms with Crippen molar-refractivity contribution in [2.45, 2.75) is 132 Å². The number of carbonyl (C=O) groups is 16. The predicted molar refractivity (Wildman–Crippen MR) is 427 cm³/mol. The number of aliphatic hydroxyl groups excluding tert-OH is 1. The molecule has 117 heavy (non-hydrogen) atoms. The zero-order valence-corrected chi connectivity index (χ0v) is 66.5. The number of amides is 15. The quantitative estimate of drug-likeness (QED) is 0.0213. The Morgan fingerprint density at radius 3 is 1.74 bits per heavy atom. The molecule has 1 aromatic heterocycles. The molecule has 7 rings (SSSR count). The van der Waals surface area contributed by atoms with Gasteiger partial charge >= 0.3 is 5.97 Å². The Bertz CT molecular complexity index is 4400. The first-order valence-electron chi connectivity index (χ1n) is 37.8. The number of hydrogen-bond acceptors (Lipinski definition) is 20. The second kappa shape index (κ2) is 44.3. The van der Waals surface area contributed by atoms with Gasteiger partial charge in [-0.15, -0.1) is 11.8 Å². The number of primary amides is 1. The summed E-state index contributed by atoms with van der Waals surface area (Å²) in [5, 5.41) is 64.2. The van der Waals surface area contributed by atoms with Crippen molar-refractivity contribution in [1.82, 2.24) is 82.7 Å². The summed E-state index contributed by atoms with van der Waals surface area (Å²) in [6, 6.07) is 14.3. The Balaban J connectivity index is 1.25. The van der Waals surface area contributed by atoms with E-state index in [4.69, 9.17) is 16.9 Å². The van der Waals surface area contributed by atoms with Gasteiger partial charge in [-0.1, -0.05) is 105 Å². The highest BCUT2D eigenvalue weighted by Crippen LogP contribution is 2.25. The van der Waals surface area contributed by atoms with E-state index in [1.807, 2.05) is 0 Å². The minimum atomic E-state index is -1.93. The third-order valence-corrected chi connectivity index (χ3v) is 20.7. The maximum atomic E-state index is 15.5. The van der Waals surface area contributed by atoms with Crippen molar-refractivity contribution in [3.05, 3.63) is 138 Å². The molecule has 2 aliphatic rings. The van der Waals surface area contributed by atoms with Gasteiger partial charge in [0.15, 0.2) is 5.96 Å². The lowest BCUT2D eigenvalue weighted by Crippen LogP contribution is -2.60. The average Bonchev–Trinajstić information content (AvgIpc) is 1.80. The number of benzene rings is 4. The van der Waals surface area contributed by atoms with E-state index in [0.29, 0.717) is 33.2 Å². The zero-order chi connectivity index (χ0) is 85.7. The number of hydrogen-bond donors (Lipinski definition) is 17. The van der Waals surface area contributed by atoms with E-state index in [9.17, 15) is 77.6 Å². The number of likely N-dealkylation sites (N-methyl/N-ethyl adjacent to an activating group) is 4. The van der Waals surface area contributed by atoms with E-state index < -0.39 is 212 Å². The van der Waals surface area contributed by atoms with Crippen molar-refractivity contribution in [2.75, 3.05) is 85.6 Å². The Kier molecular flexibility index (Phi) is 34.6. The second-order valence-corrected chi connectivity index (χ2v) is 29.8. The van der Waals surface area contributed by atoms with Crippen molar-refractivity contribution in [3.63, 3.8) is 0 Å². The van der Waals surface area contributed by atoms with Gasteiger partial charge in [0.05, 0.1) is 45.0 Å². The summed E-state index contributed by atoms with van der Waals surface area (Å²) in [6.45, 7) is -1.37. The highest BCUT2D eigenvalue weighted by atomic mass is 32.2. The number of nitrogens with one attached hydrogen (secondary N) is 12. The number of aromatic hydroxyl groups is 1. The lowest BCUT2D eigenvalue weighted by Gasteiger charge is -2.35. The smallest absolute Gasteiger partial charge is 0.305 e. The van der Waals surface area contributed by atoms with Crippen LogP contribution in [0.5, 0.6) is 5.75 Å². The van der Waals surface area contributed by atoms with Gasteiger partial charge in [-0.05, 0) is 72.1 Å². The molecule has 0 bridgehead atoms. The van der Waals surface area contributed by atoms with Crippen molar-refractivity contribution >= 4 is 123 Å². The summed E-state index contributed by atoms with van der Waals surface area (Å²) in [7, 11) is 4.99. The molecule has 5 aromatic rings. The van der Waals surface area contributed by atoms with Crippen molar-refractivity contribution < 1.29 is 92.0 Å². The molecule has 2 fully saturated rings. The van der Waals surface area contributed by atoms with E-state index in [0.717, 1.165) is 38.4 Å². The van der Waals surface area contributed by atoms with Crippen molar-refractivity contribution in [2.24, 2.45) is 17.4 Å². The van der Waals surface area contributed by atoms with Gasteiger partial charge in [0.25, 0.3) is 0 Å². The van der Waals surface area contributed by atoms with Gasteiger partial charge in [-0.2, -0.15) is 0 Å². The van der Waals surface area contributed by atoms with Crippen LogP contribution in [0.3, 0.4) is 0 Å². The van der Waals surface area contributed by atoms with Crippen LogP contribution in [-0.2, 0) is 102 Å². The van der Waals surface area contributed by atoms with Crippen LogP contribution in [0, 0.1) is 11.3 Å². The van der Waals surface area contributed by atoms with Crippen molar-refractivity contribution in [3.8, 4) is 5.75 Å². The lowest BCUT2D eigenvalue weighted by atomic mass is 10.00. The highest BCUT2D eigenvalue weighted by molar-refractivity contribution is 8.00. The minimum Gasteiger partial charge on any atom is -0.508 e. The fraction of sp³-hybridized carbons (Fsp3) is 0.449. The number of nitrogens with zero attached hydrogens (tertiary/aromatic N) is 5. The number of carboxylic acid groups (broad SMARTS) is 1. The Hall–Kier alpha value is -12.7. The van der Waals surface area contributed by atoms with Crippen LogP contribution in [0.2, 0.25) is 0 Å². The molecule has 10 atom stereocenters. The number of nitrogens with two attached hydrogens (primary N) is 2. The number of fused-ring (bicyclic) bond motifs is 2. The number of aliphatic carboxylic acids is 1. The number of thioether (sulfide) groups is 1. The maximum absolute atomic E-state index is 15.5. The van der Waals surface area contributed by atoms with Gasteiger partial charge in [0.1, 0.15) is 66.2 Å². The minimum absolute atomic E-state index is 0.0142. The first-order chi connectivity index (χ1) is 55.6. The number of carboxylic acids is 1. The Morgan fingerprint density at radius 2 is 1.14 bits per heavy atom. The van der Waals surface area contributed by atoms with E-state index in [1.165, 1.54) is 64.2 Å². The van der Waals surface area contributed by atoms with Crippen LogP contribution >= 0.6 is 11.8 Å². The molecule has 2 saturated heterocycles. The fourth-order valence-corrected chi connectivity index (χ4v) is 14.2. The molecule has 38 nitrogen and oxygen atoms in total. The van der Waals surface area contributed by atoms with Crippen LogP contribution in [0.25, 0.3) is 10.9 Å². The Morgan fingerprint density at radius 1 is 0.581 bits per heavy atom. The normalized spacial score (nSPS) is 22.7. The van der Waals surface area contributed by atoms with Crippen LogP contribution in [0.1, 0.15) is 68.2 Å². The SMILES string of the molecule is CC(C)C1NC(=O)[C@H](CC(=O)O)NC(=O)CNC(=O)[C@@H](Cc2c[nH]c3ccccc23)NC(=O)CSC[C@@H](C(=O)NCC(N)=O)NC(=O)[C@@H]2CCCN2C(=O)[C@H](Cc2ccccc2)N(C)C(=O)[C@H](Cc2ccc(O)cc2)NC(=O)CN(C)C(=O)[C@H](Cc2ccccc2)N(C)C(=O)[C@H](CCCNC(=N)N)NC(=O)CNC(=O)[C@H](CO)N(C)C1=O. The third kappa shape index (κ3) is 27.2. The number of H-pyrrole nitrogens is 1. The second-order valence-electron chi connectivity index (χ2n) is 28.8. The number of rotatable bonds is 19. The van der Waals surface area contributed by atoms with Crippen LogP contribution in [0.4, 0.5) is 0 Å². The van der Waals surface area contributed by atoms with Crippen LogP contribution in [0.15, 0.2) is 115 Å². The average molecular weight is 1640 g/mol. The number of phenols is 1. The summed E-state index contributed by atoms with van der Waals surface area (Å²) < 4.78 is 0. The molecule has 1 unspecified atom stereocenters. The maximum Gasteiger partial charge on any atom is 0.305 e. The van der Waals surface area contributed by atoms with Gasteiger partial charge < -0.3 is 109 Å². The highest BCUT2D eigenvalue weighted by Gasteiger charge is 2.44. The number of aromatic amines is 1. The number of carbonyl (C=O) groups excluding carboxylic acids is 15.